The van der Waals surface area contributed by atoms with Gasteiger partial charge >= 0.3 is 0 Å². The SMILES string of the molecule is O=C(C[C@H]1CCCO1)N[C@@H](c1ccc(Cl)cc1)c1ccsc1. The number of thiophene rings is 1. The van der Waals surface area contributed by atoms with E-state index in [2.05, 4.69) is 10.7 Å². The van der Waals surface area contributed by atoms with Crippen molar-refractivity contribution in [1.29, 1.82) is 0 Å². The van der Waals surface area contributed by atoms with Gasteiger partial charge in [0.2, 0.25) is 5.91 Å². The molecule has 1 aromatic carbocycles. The summed E-state index contributed by atoms with van der Waals surface area (Å²) in [6.45, 7) is 0.767. The number of halogens is 1. The Morgan fingerprint density at radius 3 is 2.77 bits per heavy atom. The second-order valence-electron chi connectivity index (χ2n) is 5.45. The van der Waals surface area contributed by atoms with Gasteiger partial charge in [0.1, 0.15) is 0 Å². The highest BCUT2D eigenvalue weighted by molar-refractivity contribution is 7.08. The number of hydrogen-bond donors (Lipinski definition) is 1. The van der Waals surface area contributed by atoms with E-state index in [-0.39, 0.29) is 18.1 Å². The molecule has 0 radical (unpaired) electrons. The van der Waals surface area contributed by atoms with Gasteiger partial charge in [-0.1, -0.05) is 23.7 Å². The Balaban J connectivity index is 1.74. The fourth-order valence-electron chi connectivity index (χ4n) is 2.69. The average molecular weight is 336 g/mol. The van der Waals surface area contributed by atoms with Crippen LogP contribution in [0.15, 0.2) is 41.1 Å². The summed E-state index contributed by atoms with van der Waals surface area (Å²) in [6.07, 6.45) is 2.50. The Hall–Kier alpha value is -1.36. The summed E-state index contributed by atoms with van der Waals surface area (Å²) in [5, 5.41) is 7.90. The molecule has 0 spiro atoms. The molecule has 1 aliphatic rings. The minimum atomic E-state index is -0.141. The minimum absolute atomic E-state index is 0.0260. The standard InChI is InChI=1S/C17H18ClNO2S/c18-14-5-3-12(4-6-14)17(13-7-9-22-11-13)19-16(20)10-15-2-1-8-21-15/h3-7,9,11,15,17H,1-2,8,10H2,(H,19,20)/t15-,17+/m1/s1. The van der Waals surface area contributed by atoms with Crippen LogP contribution < -0.4 is 5.32 Å². The minimum Gasteiger partial charge on any atom is -0.378 e. The summed E-state index contributed by atoms with van der Waals surface area (Å²) in [7, 11) is 0. The molecule has 2 aromatic rings. The van der Waals surface area contributed by atoms with Crippen LogP contribution in [0.1, 0.15) is 36.4 Å². The third-order valence-electron chi connectivity index (χ3n) is 3.82. The summed E-state index contributed by atoms with van der Waals surface area (Å²) >= 11 is 7.58. The largest absolute Gasteiger partial charge is 0.378 e. The molecule has 5 heteroatoms. The van der Waals surface area contributed by atoms with Gasteiger partial charge in [-0.2, -0.15) is 11.3 Å². The molecule has 1 aliphatic heterocycles. The van der Waals surface area contributed by atoms with Gasteiger partial charge in [-0.15, -0.1) is 0 Å². The van der Waals surface area contributed by atoms with E-state index in [1.807, 2.05) is 35.7 Å². The highest BCUT2D eigenvalue weighted by Crippen LogP contribution is 2.26. The monoisotopic (exact) mass is 335 g/mol. The Morgan fingerprint density at radius 1 is 1.32 bits per heavy atom. The van der Waals surface area contributed by atoms with Gasteiger partial charge in [-0.3, -0.25) is 4.79 Å². The van der Waals surface area contributed by atoms with E-state index in [4.69, 9.17) is 16.3 Å². The van der Waals surface area contributed by atoms with Gasteiger partial charge in [-0.05, 0) is 52.9 Å². The maximum Gasteiger partial charge on any atom is 0.223 e. The second-order valence-corrected chi connectivity index (χ2v) is 6.66. The van der Waals surface area contributed by atoms with Gasteiger partial charge in [0, 0.05) is 11.6 Å². The van der Waals surface area contributed by atoms with E-state index >= 15 is 0 Å². The molecule has 3 nitrogen and oxygen atoms in total. The van der Waals surface area contributed by atoms with Crippen LogP contribution in [0.4, 0.5) is 0 Å². The van der Waals surface area contributed by atoms with Crippen molar-refractivity contribution in [2.75, 3.05) is 6.61 Å². The third kappa shape index (κ3) is 3.88. The number of carbonyl (C=O) groups is 1. The molecule has 2 atom stereocenters. The Labute approximate surface area is 139 Å². The van der Waals surface area contributed by atoms with E-state index in [0.717, 1.165) is 30.6 Å². The lowest BCUT2D eigenvalue weighted by Crippen LogP contribution is -2.31. The molecule has 116 valence electrons. The predicted octanol–water partition coefficient (Wildman–Crippen LogP) is 4.18. The number of benzene rings is 1. The number of hydrogen-bond acceptors (Lipinski definition) is 3. The van der Waals surface area contributed by atoms with Crippen LogP contribution in [-0.4, -0.2) is 18.6 Å². The first-order valence-corrected chi connectivity index (χ1v) is 8.73. The zero-order valence-corrected chi connectivity index (χ0v) is 13.7. The normalized spacial score (nSPS) is 19.0. The summed E-state index contributed by atoms with van der Waals surface area (Å²) in [5.41, 5.74) is 2.12. The molecule has 22 heavy (non-hydrogen) atoms. The van der Waals surface area contributed by atoms with Crippen molar-refractivity contribution >= 4 is 28.8 Å². The summed E-state index contributed by atoms with van der Waals surface area (Å²) in [6, 6.07) is 9.51. The molecule has 0 saturated carbocycles. The first-order chi connectivity index (χ1) is 10.7. The molecule has 0 bridgehead atoms. The Bertz CT molecular complexity index is 606. The van der Waals surface area contributed by atoms with Crippen LogP contribution in [0.3, 0.4) is 0 Å². The number of ether oxygens (including phenoxy) is 1. The molecule has 0 unspecified atom stereocenters. The van der Waals surface area contributed by atoms with Crippen LogP contribution in [0.25, 0.3) is 0 Å². The second kappa shape index (κ2) is 7.27. The molecule has 1 amide bonds. The Kier molecular flexibility index (Phi) is 5.13. The molecule has 3 rings (SSSR count). The molecule has 2 heterocycles. The van der Waals surface area contributed by atoms with Crippen molar-refractivity contribution in [3.63, 3.8) is 0 Å². The van der Waals surface area contributed by atoms with E-state index < -0.39 is 0 Å². The van der Waals surface area contributed by atoms with Crippen molar-refractivity contribution in [2.24, 2.45) is 0 Å². The number of rotatable bonds is 5. The van der Waals surface area contributed by atoms with Gasteiger partial charge in [0.25, 0.3) is 0 Å². The highest BCUT2D eigenvalue weighted by Gasteiger charge is 2.22. The van der Waals surface area contributed by atoms with Crippen molar-refractivity contribution < 1.29 is 9.53 Å². The van der Waals surface area contributed by atoms with Crippen LogP contribution in [0, 0.1) is 0 Å². The van der Waals surface area contributed by atoms with Gasteiger partial charge in [-0.25, -0.2) is 0 Å². The van der Waals surface area contributed by atoms with E-state index in [1.54, 1.807) is 11.3 Å². The number of carbonyl (C=O) groups excluding carboxylic acids is 1. The first-order valence-electron chi connectivity index (χ1n) is 7.41. The van der Waals surface area contributed by atoms with Gasteiger partial charge < -0.3 is 10.1 Å². The van der Waals surface area contributed by atoms with Crippen molar-refractivity contribution in [1.82, 2.24) is 5.32 Å². The molecule has 1 N–H and O–H groups in total. The van der Waals surface area contributed by atoms with E-state index in [1.165, 1.54) is 0 Å². The lowest BCUT2D eigenvalue weighted by Gasteiger charge is -2.20. The van der Waals surface area contributed by atoms with Crippen LogP contribution in [-0.2, 0) is 9.53 Å². The van der Waals surface area contributed by atoms with Crippen molar-refractivity contribution in [3.05, 3.63) is 57.2 Å². The van der Waals surface area contributed by atoms with Gasteiger partial charge in [0.15, 0.2) is 0 Å². The lowest BCUT2D eigenvalue weighted by molar-refractivity contribution is -0.123. The maximum absolute atomic E-state index is 12.3. The zero-order valence-electron chi connectivity index (χ0n) is 12.1. The molecular formula is C17H18ClNO2S. The first kappa shape index (κ1) is 15.5. The van der Waals surface area contributed by atoms with Gasteiger partial charge in [0.05, 0.1) is 18.6 Å². The molecule has 1 fully saturated rings. The quantitative estimate of drug-likeness (QED) is 0.890. The van der Waals surface area contributed by atoms with Crippen molar-refractivity contribution in [3.8, 4) is 0 Å². The fraction of sp³-hybridized carbons (Fsp3) is 0.353. The third-order valence-corrected chi connectivity index (χ3v) is 4.78. The van der Waals surface area contributed by atoms with Crippen LogP contribution in [0.2, 0.25) is 5.02 Å². The Morgan fingerprint density at radius 2 is 2.14 bits per heavy atom. The van der Waals surface area contributed by atoms with E-state index in [0.29, 0.717) is 11.4 Å². The van der Waals surface area contributed by atoms with E-state index in [9.17, 15) is 4.79 Å². The van der Waals surface area contributed by atoms with Crippen LogP contribution in [0.5, 0.6) is 0 Å². The summed E-state index contributed by atoms with van der Waals surface area (Å²) in [5.74, 6) is 0.0260. The molecule has 1 saturated heterocycles. The predicted molar refractivity (Wildman–Crippen MR) is 89.3 cm³/mol. The molecular weight excluding hydrogens is 318 g/mol. The zero-order chi connectivity index (χ0) is 15.4. The number of nitrogens with one attached hydrogen (secondary N) is 1. The fourth-order valence-corrected chi connectivity index (χ4v) is 3.50. The molecule has 1 aromatic heterocycles. The summed E-state index contributed by atoms with van der Waals surface area (Å²) in [4.78, 5) is 12.3. The number of amides is 1. The summed E-state index contributed by atoms with van der Waals surface area (Å²) < 4.78 is 5.54. The average Bonchev–Trinajstić information content (AvgIpc) is 3.19. The topological polar surface area (TPSA) is 38.3 Å². The lowest BCUT2D eigenvalue weighted by atomic mass is 10.0. The van der Waals surface area contributed by atoms with Crippen LogP contribution >= 0.6 is 22.9 Å². The highest BCUT2D eigenvalue weighted by atomic mass is 35.5. The maximum atomic E-state index is 12.3. The smallest absolute Gasteiger partial charge is 0.223 e. The van der Waals surface area contributed by atoms with Crippen molar-refractivity contribution in [2.45, 2.75) is 31.4 Å². The molecule has 0 aliphatic carbocycles.